The maximum absolute atomic E-state index is 13.8. The Bertz CT molecular complexity index is 526. The van der Waals surface area contributed by atoms with Gasteiger partial charge in [-0.25, -0.2) is 9.18 Å². The number of fused-ring (bicyclic) bond motifs is 1. The SMILES string of the molecule is COC(=O)c1cc(F)cc(N2CCC[C@H]3NCC[C@H]32)c1.Cl. The van der Waals surface area contributed by atoms with E-state index in [1.807, 2.05) is 0 Å². The van der Waals surface area contributed by atoms with Gasteiger partial charge < -0.3 is 15.0 Å². The van der Waals surface area contributed by atoms with Crippen molar-refractivity contribution in [2.45, 2.75) is 31.3 Å². The number of carbonyl (C=O) groups is 1. The van der Waals surface area contributed by atoms with Crippen LogP contribution in [0, 0.1) is 5.82 Å². The molecule has 2 aliphatic rings. The second kappa shape index (κ2) is 6.62. The molecule has 2 atom stereocenters. The number of anilines is 1. The van der Waals surface area contributed by atoms with E-state index in [-0.39, 0.29) is 18.0 Å². The number of rotatable bonds is 2. The van der Waals surface area contributed by atoms with E-state index >= 15 is 0 Å². The number of carbonyl (C=O) groups excluding carboxylic acids is 1. The average Bonchev–Trinajstić information content (AvgIpc) is 2.94. The summed E-state index contributed by atoms with van der Waals surface area (Å²) in [5.41, 5.74) is 1.05. The predicted molar refractivity (Wildman–Crippen MR) is 81.8 cm³/mol. The molecule has 2 aliphatic heterocycles. The largest absolute Gasteiger partial charge is 0.465 e. The van der Waals surface area contributed by atoms with Crippen LogP contribution in [0.25, 0.3) is 0 Å². The lowest BCUT2D eigenvalue weighted by molar-refractivity contribution is 0.0600. The molecule has 116 valence electrons. The van der Waals surface area contributed by atoms with E-state index < -0.39 is 11.8 Å². The molecule has 6 heteroatoms. The molecule has 0 amide bonds. The van der Waals surface area contributed by atoms with Gasteiger partial charge in [0, 0.05) is 24.3 Å². The quantitative estimate of drug-likeness (QED) is 0.851. The normalized spacial score (nSPS) is 24.2. The van der Waals surface area contributed by atoms with Crippen molar-refractivity contribution in [3.8, 4) is 0 Å². The second-order valence-electron chi connectivity index (χ2n) is 5.44. The molecule has 1 aromatic rings. The number of halogens is 2. The predicted octanol–water partition coefficient (Wildman–Crippen LogP) is 2.36. The van der Waals surface area contributed by atoms with Crippen molar-refractivity contribution < 1.29 is 13.9 Å². The second-order valence-corrected chi connectivity index (χ2v) is 5.44. The van der Waals surface area contributed by atoms with E-state index in [4.69, 9.17) is 0 Å². The van der Waals surface area contributed by atoms with Gasteiger partial charge in [-0.3, -0.25) is 0 Å². The Hall–Kier alpha value is -1.33. The smallest absolute Gasteiger partial charge is 0.338 e. The zero-order chi connectivity index (χ0) is 14.1. The van der Waals surface area contributed by atoms with Gasteiger partial charge in [-0.1, -0.05) is 0 Å². The first kappa shape index (κ1) is 16.0. The highest BCUT2D eigenvalue weighted by atomic mass is 35.5. The highest BCUT2D eigenvalue weighted by molar-refractivity contribution is 5.90. The van der Waals surface area contributed by atoms with Crippen LogP contribution >= 0.6 is 12.4 Å². The van der Waals surface area contributed by atoms with Crippen LogP contribution in [-0.4, -0.2) is 38.3 Å². The zero-order valence-corrected chi connectivity index (χ0v) is 12.8. The Kier molecular flexibility index (Phi) is 5.06. The molecule has 1 aromatic carbocycles. The molecule has 0 saturated carbocycles. The van der Waals surface area contributed by atoms with E-state index in [9.17, 15) is 9.18 Å². The number of benzene rings is 1. The standard InChI is InChI=1S/C15H19FN2O2.ClH/c1-20-15(19)10-7-11(16)9-12(8-10)18-6-2-3-13-14(18)4-5-17-13;/h7-9,13-14,17H,2-6H2,1H3;1H/t13-,14-;/m1./s1. The molecule has 0 unspecified atom stereocenters. The van der Waals surface area contributed by atoms with Crippen LogP contribution in [0.15, 0.2) is 18.2 Å². The molecule has 0 spiro atoms. The third-order valence-corrected chi connectivity index (χ3v) is 4.26. The van der Waals surface area contributed by atoms with Gasteiger partial charge in [0.15, 0.2) is 0 Å². The van der Waals surface area contributed by atoms with Crippen LogP contribution in [0.1, 0.15) is 29.6 Å². The van der Waals surface area contributed by atoms with Crippen LogP contribution in [0.4, 0.5) is 10.1 Å². The Morgan fingerprint density at radius 1 is 1.38 bits per heavy atom. The fourth-order valence-corrected chi connectivity index (χ4v) is 3.36. The van der Waals surface area contributed by atoms with Gasteiger partial charge in [-0.2, -0.15) is 0 Å². The summed E-state index contributed by atoms with van der Waals surface area (Å²) in [5, 5.41) is 3.49. The van der Waals surface area contributed by atoms with Gasteiger partial charge in [-0.15, -0.1) is 12.4 Å². The molecule has 0 aliphatic carbocycles. The van der Waals surface area contributed by atoms with Crippen LogP contribution < -0.4 is 10.2 Å². The highest BCUT2D eigenvalue weighted by Crippen LogP contribution is 2.30. The number of hydrogen-bond acceptors (Lipinski definition) is 4. The molecule has 0 radical (unpaired) electrons. The molecular formula is C15H20ClFN2O2. The van der Waals surface area contributed by atoms with Crippen molar-refractivity contribution in [2.75, 3.05) is 25.1 Å². The number of esters is 1. The van der Waals surface area contributed by atoms with Crippen molar-refractivity contribution >= 4 is 24.1 Å². The van der Waals surface area contributed by atoms with Crippen molar-refractivity contribution in [1.29, 1.82) is 0 Å². The van der Waals surface area contributed by atoms with Crippen LogP contribution in [0.5, 0.6) is 0 Å². The minimum absolute atomic E-state index is 0. The third-order valence-electron chi connectivity index (χ3n) is 4.26. The molecular weight excluding hydrogens is 295 g/mol. The summed E-state index contributed by atoms with van der Waals surface area (Å²) in [6.07, 6.45) is 3.31. The first-order valence-corrected chi connectivity index (χ1v) is 7.08. The number of piperidine rings is 1. The van der Waals surface area contributed by atoms with Crippen LogP contribution in [0.3, 0.4) is 0 Å². The number of methoxy groups -OCH3 is 1. The van der Waals surface area contributed by atoms with Gasteiger partial charge in [-0.05, 0) is 44.0 Å². The lowest BCUT2D eigenvalue weighted by Crippen LogP contribution is -2.48. The zero-order valence-electron chi connectivity index (χ0n) is 12.0. The number of hydrogen-bond donors (Lipinski definition) is 1. The summed E-state index contributed by atoms with van der Waals surface area (Å²) in [6, 6.07) is 5.34. The summed E-state index contributed by atoms with van der Waals surface area (Å²) < 4.78 is 18.5. The highest BCUT2D eigenvalue weighted by Gasteiger charge is 2.35. The Morgan fingerprint density at radius 2 is 2.19 bits per heavy atom. The van der Waals surface area contributed by atoms with Gasteiger partial charge >= 0.3 is 5.97 Å². The monoisotopic (exact) mass is 314 g/mol. The van der Waals surface area contributed by atoms with Crippen LogP contribution in [0.2, 0.25) is 0 Å². The summed E-state index contributed by atoms with van der Waals surface area (Å²) in [6.45, 7) is 1.91. The minimum atomic E-state index is -0.496. The molecule has 2 saturated heterocycles. The average molecular weight is 315 g/mol. The first-order chi connectivity index (χ1) is 9.69. The maximum atomic E-state index is 13.8. The van der Waals surface area contributed by atoms with Crippen molar-refractivity contribution in [3.63, 3.8) is 0 Å². The summed E-state index contributed by atoms with van der Waals surface area (Å²) in [7, 11) is 1.31. The Morgan fingerprint density at radius 3 is 2.95 bits per heavy atom. The van der Waals surface area contributed by atoms with Gasteiger partial charge in [0.25, 0.3) is 0 Å². The van der Waals surface area contributed by atoms with E-state index in [2.05, 4.69) is 15.0 Å². The Balaban J connectivity index is 0.00000161. The topological polar surface area (TPSA) is 41.6 Å². The summed E-state index contributed by atoms with van der Waals surface area (Å²) in [5.74, 6) is -0.889. The number of ether oxygens (including phenoxy) is 1. The van der Waals surface area contributed by atoms with E-state index in [1.54, 1.807) is 6.07 Å². The van der Waals surface area contributed by atoms with Gasteiger partial charge in [0.2, 0.25) is 0 Å². The lowest BCUT2D eigenvalue weighted by atomic mass is 9.96. The molecule has 4 nitrogen and oxygen atoms in total. The van der Waals surface area contributed by atoms with E-state index in [1.165, 1.54) is 25.7 Å². The van der Waals surface area contributed by atoms with Crippen molar-refractivity contribution in [1.82, 2.24) is 5.32 Å². The lowest BCUT2D eigenvalue weighted by Gasteiger charge is -2.39. The van der Waals surface area contributed by atoms with Crippen LogP contribution in [-0.2, 0) is 4.74 Å². The fraction of sp³-hybridized carbons (Fsp3) is 0.533. The Labute approximate surface area is 130 Å². The van der Waals surface area contributed by atoms with E-state index in [0.717, 1.165) is 31.6 Å². The van der Waals surface area contributed by atoms with Crippen molar-refractivity contribution in [3.05, 3.63) is 29.6 Å². The molecule has 1 N–H and O–H groups in total. The number of nitrogens with zero attached hydrogens (tertiary/aromatic N) is 1. The maximum Gasteiger partial charge on any atom is 0.338 e. The van der Waals surface area contributed by atoms with E-state index in [0.29, 0.717) is 12.1 Å². The molecule has 21 heavy (non-hydrogen) atoms. The summed E-state index contributed by atoms with van der Waals surface area (Å²) in [4.78, 5) is 13.8. The number of nitrogens with one attached hydrogen (secondary N) is 1. The fourth-order valence-electron chi connectivity index (χ4n) is 3.36. The van der Waals surface area contributed by atoms with Crippen molar-refractivity contribution in [2.24, 2.45) is 0 Å². The molecule has 0 bridgehead atoms. The molecule has 2 fully saturated rings. The minimum Gasteiger partial charge on any atom is -0.465 e. The molecule has 3 rings (SSSR count). The first-order valence-electron chi connectivity index (χ1n) is 7.08. The molecule has 2 heterocycles. The summed E-state index contributed by atoms with van der Waals surface area (Å²) >= 11 is 0. The molecule has 0 aromatic heterocycles. The van der Waals surface area contributed by atoms with Gasteiger partial charge in [0.05, 0.1) is 12.7 Å². The third kappa shape index (κ3) is 3.14. The van der Waals surface area contributed by atoms with Gasteiger partial charge in [0.1, 0.15) is 5.82 Å².